The summed E-state index contributed by atoms with van der Waals surface area (Å²) in [6.45, 7) is 3.75. The van der Waals surface area contributed by atoms with Gasteiger partial charge in [0, 0.05) is 32.2 Å². The fraction of sp³-hybridized carbons (Fsp3) is 0.591. The summed E-state index contributed by atoms with van der Waals surface area (Å²) in [7, 11) is 1.63. The lowest BCUT2D eigenvalue weighted by molar-refractivity contribution is -0.159. The van der Waals surface area contributed by atoms with Crippen molar-refractivity contribution >= 4 is 17.8 Å². The first kappa shape index (κ1) is 24.5. The quantitative estimate of drug-likeness (QED) is 0.532. The van der Waals surface area contributed by atoms with Crippen LogP contribution in [0.4, 0.5) is 0 Å². The summed E-state index contributed by atoms with van der Waals surface area (Å²) in [4.78, 5) is 35.1. The molecule has 9 heteroatoms. The predicted molar refractivity (Wildman–Crippen MR) is 113 cm³/mol. The average Bonchev–Trinajstić information content (AvgIpc) is 3.08. The molecule has 1 heterocycles. The lowest BCUT2D eigenvalue weighted by Crippen LogP contribution is -2.52. The minimum atomic E-state index is -1.82. The topological polar surface area (TPSA) is 117 Å². The molecule has 1 saturated heterocycles. The number of amides is 1. The molecule has 1 aliphatic heterocycles. The monoisotopic (exact) mass is 436 g/mol. The summed E-state index contributed by atoms with van der Waals surface area (Å²) in [6, 6.07) is 8.07. The Balaban J connectivity index is 0.000000501. The molecule has 0 spiro atoms. The largest absolute Gasteiger partial charge is 0.497 e. The number of carbonyl (C=O) groups is 3. The van der Waals surface area contributed by atoms with E-state index in [0.717, 1.165) is 38.0 Å². The molecule has 31 heavy (non-hydrogen) atoms. The molecular formula is C22H32N2O7. The summed E-state index contributed by atoms with van der Waals surface area (Å²) >= 11 is 0. The summed E-state index contributed by atoms with van der Waals surface area (Å²) in [5, 5.41) is 14.8. The van der Waals surface area contributed by atoms with Crippen LogP contribution >= 0.6 is 0 Å². The Labute approximate surface area is 182 Å². The third-order valence-corrected chi connectivity index (χ3v) is 5.61. The van der Waals surface area contributed by atoms with E-state index in [1.54, 1.807) is 7.11 Å². The van der Waals surface area contributed by atoms with Gasteiger partial charge in [0.1, 0.15) is 11.5 Å². The third kappa shape index (κ3) is 8.45. The van der Waals surface area contributed by atoms with Gasteiger partial charge >= 0.3 is 11.9 Å². The molecule has 9 nitrogen and oxygen atoms in total. The van der Waals surface area contributed by atoms with Crippen molar-refractivity contribution in [2.45, 2.75) is 44.6 Å². The second-order valence-corrected chi connectivity index (χ2v) is 7.64. The molecule has 1 aromatic rings. The van der Waals surface area contributed by atoms with Crippen LogP contribution in [0.3, 0.4) is 0 Å². The molecule has 2 fully saturated rings. The molecule has 172 valence electrons. The Bertz CT molecular complexity index is 695. The molecule has 0 radical (unpaired) electrons. The van der Waals surface area contributed by atoms with Gasteiger partial charge in [-0.3, -0.25) is 9.69 Å². The Morgan fingerprint density at radius 1 is 0.871 bits per heavy atom. The number of hydrogen-bond donors (Lipinski definition) is 2. The molecule has 1 saturated carbocycles. The number of methoxy groups -OCH3 is 1. The zero-order valence-corrected chi connectivity index (χ0v) is 18.0. The van der Waals surface area contributed by atoms with Gasteiger partial charge < -0.3 is 24.6 Å². The van der Waals surface area contributed by atoms with Crippen LogP contribution in [0.2, 0.25) is 0 Å². The van der Waals surface area contributed by atoms with Crippen LogP contribution in [0.15, 0.2) is 24.3 Å². The zero-order chi connectivity index (χ0) is 22.6. The minimum Gasteiger partial charge on any atom is -0.497 e. The van der Waals surface area contributed by atoms with E-state index >= 15 is 0 Å². The van der Waals surface area contributed by atoms with Crippen LogP contribution in [0.25, 0.3) is 0 Å². The van der Waals surface area contributed by atoms with Crippen molar-refractivity contribution < 1.29 is 34.1 Å². The van der Waals surface area contributed by atoms with Crippen molar-refractivity contribution in [3.05, 3.63) is 24.3 Å². The fourth-order valence-electron chi connectivity index (χ4n) is 3.87. The number of carbonyl (C=O) groups excluding carboxylic acids is 1. The highest BCUT2D eigenvalue weighted by Crippen LogP contribution is 2.23. The van der Waals surface area contributed by atoms with Crippen LogP contribution < -0.4 is 9.47 Å². The number of ether oxygens (including phenoxy) is 2. The Hall–Kier alpha value is -2.81. The number of hydrogen-bond acceptors (Lipinski definition) is 6. The standard InChI is InChI=1S/C20H30N2O3.C2H2O4/c1-24-18-8-10-19(11-9-18)25-16-20(23)22-14-12-21(13-15-22)17-6-4-2-3-5-7-17;3-1(4)2(5)6/h8-11,17H,2-7,12-16H2,1H3;(H,3,4)(H,5,6). The van der Waals surface area contributed by atoms with E-state index in [-0.39, 0.29) is 12.5 Å². The normalized spacial score (nSPS) is 17.6. The second kappa shape index (κ2) is 12.8. The molecule has 0 bridgehead atoms. The maximum atomic E-state index is 12.4. The number of rotatable bonds is 5. The smallest absolute Gasteiger partial charge is 0.414 e. The van der Waals surface area contributed by atoms with Gasteiger partial charge in [-0.1, -0.05) is 25.7 Å². The number of carboxylic acids is 2. The van der Waals surface area contributed by atoms with E-state index in [1.807, 2.05) is 29.2 Å². The van der Waals surface area contributed by atoms with Crippen LogP contribution in [0.5, 0.6) is 11.5 Å². The van der Waals surface area contributed by atoms with Crippen LogP contribution in [-0.4, -0.2) is 83.8 Å². The Morgan fingerprint density at radius 2 is 1.39 bits per heavy atom. The molecule has 2 aliphatic rings. The van der Waals surface area contributed by atoms with Crippen molar-refractivity contribution in [1.29, 1.82) is 0 Å². The number of nitrogens with zero attached hydrogens (tertiary/aromatic N) is 2. The van der Waals surface area contributed by atoms with E-state index < -0.39 is 11.9 Å². The first-order chi connectivity index (χ1) is 14.9. The van der Waals surface area contributed by atoms with Gasteiger partial charge in [-0.05, 0) is 37.1 Å². The van der Waals surface area contributed by atoms with Gasteiger partial charge in [0.15, 0.2) is 6.61 Å². The van der Waals surface area contributed by atoms with Crippen LogP contribution in [0, 0.1) is 0 Å². The van der Waals surface area contributed by atoms with Gasteiger partial charge in [0.2, 0.25) is 0 Å². The molecule has 0 atom stereocenters. The van der Waals surface area contributed by atoms with E-state index in [1.165, 1.54) is 38.5 Å². The summed E-state index contributed by atoms with van der Waals surface area (Å²) in [5.74, 6) is -2.08. The van der Waals surface area contributed by atoms with Gasteiger partial charge in [-0.2, -0.15) is 0 Å². The van der Waals surface area contributed by atoms with Gasteiger partial charge in [0.25, 0.3) is 5.91 Å². The molecule has 3 rings (SSSR count). The van der Waals surface area contributed by atoms with E-state index in [0.29, 0.717) is 5.75 Å². The lowest BCUT2D eigenvalue weighted by atomic mass is 10.1. The maximum Gasteiger partial charge on any atom is 0.414 e. The van der Waals surface area contributed by atoms with Crippen molar-refractivity contribution in [3.63, 3.8) is 0 Å². The Kier molecular flexibility index (Phi) is 10.1. The summed E-state index contributed by atoms with van der Waals surface area (Å²) in [6.07, 6.45) is 8.15. The highest BCUT2D eigenvalue weighted by Gasteiger charge is 2.26. The molecule has 0 unspecified atom stereocenters. The van der Waals surface area contributed by atoms with E-state index in [4.69, 9.17) is 29.3 Å². The summed E-state index contributed by atoms with van der Waals surface area (Å²) in [5.41, 5.74) is 0. The van der Waals surface area contributed by atoms with Gasteiger partial charge in [-0.25, -0.2) is 9.59 Å². The zero-order valence-electron chi connectivity index (χ0n) is 18.0. The Morgan fingerprint density at radius 3 is 1.87 bits per heavy atom. The predicted octanol–water partition coefficient (Wildman–Crippen LogP) is 2.10. The minimum absolute atomic E-state index is 0.0799. The number of benzene rings is 1. The molecular weight excluding hydrogens is 404 g/mol. The SMILES string of the molecule is COc1ccc(OCC(=O)N2CCN(C3CCCCCC3)CC2)cc1.O=C(O)C(=O)O. The number of aliphatic carboxylic acids is 2. The van der Waals surface area contributed by atoms with Crippen molar-refractivity contribution in [3.8, 4) is 11.5 Å². The first-order valence-corrected chi connectivity index (χ1v) is 10.7. The van der Waals surface area contributed by atoms with E-state index in [2.05, 4.69) is 4.90 Å². The van der Waals surface area contributed by atoms with Crippen LogP contribution in [-0.2, 0) is 14.4 Å². The fourth-order valence-corrected chi connectivity index (χ4v) is 3.87. The summed E-state index contributed by atoms with van der Waals surface area (Å²) < 4.78 is 10.7. The second-order valence-electron chi connectivity index (χ2n) is 7.64. The van der Waals surface area contributed by atoms with Crippen LogP contribution in [0.1, 0.15) is 38.5 Å². The van der Waals surface area contributed by atoms with Crippen molar-refractivity contribution in [2.24, 2.45) is 0 Å². The van der Waals surface area contributed by atoms with Crippen molar-refractivity contribution in [2.75, 3.05) is 39.9 Å². The molecule has 1 aromatic carbocycles. The first-order valence-electron chi connectivity index (χ1n) is 10.7. The number of carboxylic acid groups (broad SMARTS) is 2. The average molecular weight is 437 g/mol. The highest BCUT2D eigenvalue weighted by atomic mass is 16.5. The lowest BCUT2D eigenvalue weighted by Gasteiger charge is -2.39. The molecule has 1 aliphatic carbocycles. The molecule has 1 amide bonds. The van der Waals surface area contributed by atoms with E-state index in [9.17, 15) is 4.79 Å². The molecule has 0 aromatic heterocycles. The van der Waals surface area contributed by atoms with Gasteiger partial charge in [-0.15, -0.1) is 0 Å². The number of piperazine rings is 1. The highest BCUT2D eigenvalue weighted by molar-refractivity contribution is 6.27. The van der Waals surface area contributed by atoms with Crippen molar-refractivity contribution in [1.82, 2.24) is 9.80 Å². The molecule has 2 N–H and O–H groups in total. The third-order valence-electron chi connectivity index (χ3n) is 5.61. The maximum absolute atomic E-state index is 12.4. The van der Waals surface area contributed by atoms with Gasteiger partial charge in [0.05, 0.1) is 7.11 Å².